The van der Waals surface area contributed by atoms with Crippen LogP contribution in [0.15, 0.2) is 18.2 Å². The van der Waals surface area contributed by atoms with Gasteiger partial charge in [0.05, 0.1) is 0 Å². The molecule has 0 bridgehead atoms. The Bertz CT molecular complexity index is 480. The molecule has 4 nitrogen and oxygen atoms in total. The standard InChI is InChI=1S/C11H14N4/c1-7-5-4-6-9(8(7)2)10-13-11(12)15(3)14-10/h4-6H,1-3H3,(H2,12,13,14). The average molecular weight is 202 g/mol. The maximum absolute atomic E-state index is 5.66. The Labute approximate surface area is 88.8 Å². The number of benzene rings is 1. The average Bonchev–Trinajstić information content (AvgIpc) is 2.51. The quantitative estimate of drug-likeness (QED) is 0.765. The highest BCUT2D eigenvalue weighted by molar-refractivity contribution is 5.62. The summed E-state index contributed by atoms with van der Waals surface area (Å²) in [7, 11) is 1.79. The second kappa shape index (κ2) is 3.38. The van der Waals surface area contributed by atoms with Crippen molar-refractivity contribution >= 4 is 5.95 Å². The number of nitrogens with two attached hydrogens (primary N) is 1. The van der Waals surface area contributed by atoms with Gasteiger partial charge in [0.25, 0.3) is 0 Å². The molecule has 1 heterocycles. The first-order valence-electron chi connectivity index (χ1n) is 4.82. The predicted molar refractivity (Wildman–Crippen MR) is 60.3 cm³/mol. The van der Waals surface area contributed by atoms with Crippen molar-refractivity contribution in [1.29, 1.82) is 0 Å². The lowest BCUT2D eigenvalue weighted by molar-refractivity contribution is 0.780. The normalized spacial score (nSPS) is 10.6. The SMILES string of the molecule is Cc1cccc(-c2nc(N)n(C)n2)c1C. The van der Waals surface area contributed by atoms with Crippen molar-refractivity contribution in [1.82, 2.24) is 14.8 Å². The Morgan fingerprint density at radius 1 is 1.27 bits per heavy atom. The van der Waals surface area contributed by atoms with E-state index in [1.807, 2.05) is 12.1 Å². The minimum absolute atomic E-state index is 0.436. The van der Waals surface area contributed by atoms with Crippen LogP contribution in [-0.4, -0.2) is 14.8 Å². The van der Waals surface area contributed by atoms with E-state index in [9.17, 15) is 0 Å². The summed E-state index contributed by atoms with van der Waals surface area (Å²) in [6, 6.07) is 6.09. The highest BCUT2D eigenvalue weighted by Crippen LogP contribution is 2.22. The van der Waals surface area contributed by atoms with Crippen LogP contribution in [0.25, 0.3) is 11.4 Å². The third-order valence-corrected chi connectivity index (χ3v) is 2.64. The fourth-order valence-corrected chi connectivity index (χ4v) is 1.50. The van der Waals surface area contributed by atoms with Crippen LogP contribution in [-0.2, 0) is 7.05 Å². The lowest BCUT2D eigenvalue weighted by atomic mass is 10.0. The highest BCUT2D eigenvalue weighted by Gasteiger charge is 2.09. The van der Waals surface area contributed by atoms with Crippen molar-refractivity contribution in [2.75, 3.05) is 5.73 Å². The van der Waals surface area contributed by atoms with Crippen molar-refractivity contribution in [2.24, 2.45) is 7.05 Å². The predicted octanol–water partition coefficient (Wildman–Crippen LogP) is 1.68. The lowest BCUT2D eigenvalue weighted by Crippen LogP contribution is -1.97. The molecular formula is C11H14N4. The number of nitrogens with zero attached hydrogens (tertiary/aromatic N) is 3. The molecule has 1 aromatic carbocycles. The molecule has 0 fully saturated rings. The van der Waals surface area contributed by atoms with Gasteiger partial charge < -0.3 is 5.73 Å². The zero-order valence-corrected chi connectivity index (χ0v) is 9.15. The molecular weight excluding hydrogens is 188 g/mol. The molecule has 2 aromatic rings. The molecule has 2 rings (SSSR count). The molecule has 0 aliphatic heterocycles. The minimum atomic E-state index is 0.436. The largest absolute Gasteiger partial charge is 0.368 e. The van der Waals surface area contributed by atoms with Crippen LogP contribution in [0.2, 0.25) is 0 Å². The Hall–Kier alpha value is -1.84. The van der Waals surface area contributed by atoms with Crippen LogP contribution in [0.4, 0.5) is 5.95 Å². The second-order valence-corrected chi connectivity index (χ2v) is 3.66. The molecule has 1 aromatic heterocycles. The van der Waals surface area contributed by atoms with Gasteiger partial charge in [-0.15, -0.1) is 5.10 Å². The molecule has 0 saturated carbocycles. The first kappa shape index (κ1) is 9.71. The van der Waals surface area contributed by atoms with Crippen LogP contribution < -0.4 is 5.73 Å². The fraction of sp³-hybridized carbons (Fsp3) is 0.273. The summed E-state index contributed by atoms with van der Waals surface area (Å²) in [5.41, 5.74) is 9.13. The number of aromatic nitrogens is 3. The monoisotopic (exact) mass is 202 g/mol. The number of aryl methyl sites for hydroxylation is 2. The van der Waals surface area contributed by atoms with Gasteiger partial charge in [-0.25, -0.2) is 4.68 Å². The van der Waals surface area contributed by atoms with Gasteiger partial charge in [-0.1, -0.05) is 18.2 Å². The van der Waals surface area contributed by atoms with Crippen LogP contribution in [0.5, 0.6) is 0 Å². The van der Waals surface area contributed by atoms with E-state index in [0.717, 1.165) is 5.56 Å². The van der Waals surface area contributed by atoms with Gasteiger partial charge in [-0.05, 0) is 25.0 Å². The van der Waals surface area contributed by atoms with E-state index in [2.05, 4.69) is 30.0 Å². The van der Waals surface area contributed by atoms with E-state index in [1.165, 1.54) is 11.1 Å². The number of nitrogen functional groups attached to an aromatic ring is 1. The first-order valence-corrected chi connectivity index (χ1v) is 4.82. The summed E-state index contributed by atoms with van der Waals surface area (Å²) < 4.78 is 1.58. The van der Waals surface area contributed by atoms with E-state index >= 15 is 0 Å². The molecule has 0 atom stereocenters. The molecule has 2 N–H and O–H groups in total. The molecule has 0 radical (unpaired) electrons. The van der Waals surface area contributed by atoms with Gasteiger partial charge in [-0.3, -0.25) is 0 Å². The molecule has 0 unspecified atom stereocenters. The van der Waals surface area contributed by atoms with Crippen molar-refractivity contribution < 1.29 is 0 Å². The molecule has 0 spiro atoms. The maximum Gasteiger partial charge on any atom is 0.218 e. The smallest absolute Gasteiger partial charge is 0.218 e. The number of anilines is 1. The Kier molecular flexibility index (Phi) is 2.19. The molecule has 15 heavy (non-hydrogen) atoms. The number of hydrogen-bond acceptors (Lipinski definition) is 3. The first-order chi connectivity index (χ1) is 7.09. The zero-order chi connectivity index (χ0) is 11.0. The summed E-state index contributed by atoms with van der Waals surface area (Å²) in [5, 5.41) is 4.26. The number of hydrogen-bond donors (Lipinski definition) is 1. The van der Waals surface area contributed by atoms with E-state index in [0.29, 0.717) is 11.8 Å². The van der Waals surface area contributed by atoms with Gasteiger partial charge >= 0.3 is 0 Å². The molecule has 0 aliphatic carbocycles. The van der Waals surface area contributed by atoms with E-state index < -0.39 is 0 Å². The van der Waals surface area contributed by atoms with Crippen molar-refractivity contribution in [3.63, 3.8) is 0 Å². The van der Waals surface area contributed by atoms with Crippen LogP contribution in [0.1, 0.15) is 11.1 Å². The van der Waals surface area contributed by atoms with Crippen molar-refractivity contribution in [3.8, 4) is 11.4 Å². The molecule has 0 saturated heterocycles. The zero-order valence-electron chi connectivity index (χ0n) is 9.15. The second-order valence-electron chi connectivity index (χ2n) is 3.66. The van der Waals surface area contributed by atoms with E-state index in [4.69, 9.17) is 5.73 Å². The van der Waals surface area contributed by atoms with Crippen molar-refractivity contribution in [2.45, 2.75) is 13.8 Å². The Morgan fingerprint density at radius 2 is 2.00 bits per heavy atom. The molecule has 0 amide bonds. The van der Waals surface area contributed by atoms with E-state index in [1.54, 1.807) is 11.7 Å². The summed E-state index contributed by atoms with van der Waals surface area (Å²) in [5.74, 6) is 1.13. The summed E-state index contributed by atoms with van der Waals surface area (Å²) in [6.45, 7) is 4.14. The minimum Gasteiger partial charge on any atom is -0.368 e. The van der Waals surface area contributed by atoms with Crippen molar-refractivity contribution in [3.05, 3.63) is 29.3 Å². The lowest BCUT2D eigenvalue weighted by Gasteiger charge is -2.03. The molecule has 4 heteroatoms. The van der Waals surface area contributed by atoms with Gasteiger partial charge in [-0.2, -0.15) is 4.98 Å². The van der Waals surface area contributed by atoms with Gasteiger partial charge in [0, 0.05) is 12.6 Å². The Balaban J connectivity index is 2.59. The molecule has 0 aliphatic rings. The van der Waals surface area contributed by atoms with E-state index in [-0.39, 0.29) is 0 Å². The van der Waals surface area contributed by atoms with Gasteiger partial charge in [0.2, 0.25) is 5.95 Å². The highest BCUT2D eigenvalue weighted by atomic mass is 15.4. The van der Waals surface area contributed by atoms with Crippen LogP contribution in [0, 0.1) is 13.8 Å². The van der Waals surface area contributed by atoms with Crippen LogP contribution in [0.3, 0.4) is 0 Å². The third-order valence-electron chi connectivity index (χ3n) is 2.64. The number of rotatable bonds is 1. The van der Waals surface area contributed by atoms with Gasteiger partial charge in [0.15, 0.2) is 5.82 Å². The molecule has 78 valence electrons. The third kappa shape index (κ3) is 1.58. The summed E-state index contributed by atoms with van der Waals surface area (Å²) in [4.78, 5) is 4.21. The summed E-state index contributed by atoms with van der Waals surface area (Å²) >= 11 is 0. The maximum atomic E-state index is 5.66. The Morgan fingerprint density at radius 3 is 2.60 bits per heavy atom. The topological polar surface area (TPSA) is 56.7 Å². The summed E-state index contributed by atoms with van der Waals surface area (Å²) in [6.07, 6.45) is 0. The van der Waals surface area contributed by atoms with Gasteiger partial charge in [0.1, 0.15) is 0 Å². The van der Waals surface area contributed by atoms with Crippen LogP contribution >= 0.6 is 0 Å². The fourth-order valence-electron chi connectivity index (χ4n) is 1.50.